The molecule has 0 saturated carbocycles. The number of fused-ring (bicyclic) bond motifs is 1. The minimum atomic E-state index is -0.501. The van der Waals surface area contributed by atoms with Gasteiger partial charge in [-0.05, 0) is 18.2 Å². The van der Waals surface area contributed by atoms with E-state index in [1.807, 2.05) is 51.1 Å². The first-order chi connectivity index (χ1) is 11.4. The number of pyridine rings is 2. The van der Waals surface area contributed by atoms with Crippen LogP contribution in [-0.2, 0) is 4.79 Å². The summed E-state index contributed by atoms with van der Waals surface area (Å²) >= 11 is 0. The van der Waals surface area contributed by atoms with Crippen LogP contribution in [0.5, 0.6) is 11.6 Å². The number of carbonyl (C=O) groups is 1. The Morgan fingerprint density at radius 3 is 2.54 bits per heavy atom. The fourth-order valence-electron chi connectivity index (χ4n) is 2.16. The van der Waals surface area contributed by atoms with Gasteiger partial charge >= 0.3 is 0 Å². The lowest BCUT2D eigenvalue weighted by Crippen LogP contribution is -2.27. The fraction of sp³-hybridized carbons (Fsp3) is 0.211. The van der Waals surface area contributed by atoms with Crippen LogP contribution in [0.4, 0.5) is 5.69 Å². The molecule has 2 aromatic heterocycles. The first-order valence-electron chi connectivity index (χ1n) is 7.72. The molecule has 0 aliphatic heterocycles. The second-order valence-electron chi connectivity index (χ2n) is 6.52. The Labute approximate surface area is 140 Å². The number of amides is 1. The molecule has 1 aromatic carbocycles. The summed E-state index contributed by atoms with van der Waals surface area (Å²) in [4.78, 5) is 20.9. The van der Waals surface area contributed by atoms with E-state index in [-0.39, 0.29) is 5.91 Å². The van der Waals surface area contributed by atoms with Crippen LogP contribution in [0.25, 0.3) is 10.9 Å². The fourth-order valence-corrected chi connectivity index (χ4v) is 2.16. The lowest BCUT2D eigenvalue weighted by molar-refractivity contribution is -0.123. The highest BCUT2D eigenvalue weighted by molar-refractivity contribution is 6.02. The Morgan fingerprint density at radius 1 is 1.04 bits per heavy atom. The van der Waals surface area contributed by atoms with E-state index in [0.717, 1.165) is 10.9 Å². The van der Waals surface area contributed by atoms with Crippen LogP contribution in [0, 0.1) is 5.41 Å². The number of hydrogen-bond donors (Lipinski definition) is 1. The predicted molar refractivity (Wildman–Crippen MR) is 94.1 cm³/mol. The number of rotatable bonds is 3. The molecule has 0 spiro atoms. The largest absolute Gasteiger partial charge is 0.439 e. The molecule has 1 amide bonds. The highest BCUT2D eigenvalue weighted by Crippen LogP contribution is 2.31. The van der Waals surface area contributed by atoms with Gasteiger partial charge in [0, 0.05) is 35.3 Å². The third-order valence-corrected chi connectivity index (χ3v) is 3.47. The van der Waals surface area contributed by atoms with Gasteiger partial charge in [-0.15, -0.1) is 0 Å². The first kappa shape index (κ1) is 15.9. The molecule has 0 unspecified atom stereocenters. The van der Waals surface area contributed by atoms with Crippen molar-refractivity contribution in [3.63, 3.8) is 0 Å². The van der Waals surface area contributed by atoms with Crippen molar-refractivity contribution in [2.45, 2.75) is 20.8 Å². The molecule has 2 heterocycles. The maximum absolute atomic E-state index is 12.4. The molecule has 0 bridgehead atoms. The summed E-state index contributed by atoms with van der Waals surface area (Å²) in [5.74, 6) is 1.01. The number of benzene rings is 1. The van der Waals surface area contributed by atoms with Gasteiger partial charge in [0.25, 0.3) is 0 Å². The van der Waals surface area contributed by atoms with Gasteiger partial charge in [0.05, 0.1) is 11.2 Å². The van der Waals surface area contributed by atoms with Gasteiger partial charge in [0.1, 0.15) is 5.75 Å². The Bertz CT molecular complexity index is 871. The highest BCUT2D eigenvalue weighted by atomic mass is 16.5. The summed E-state index contributed by atoms with van der Waals surface area (Å²) in [7, 11) is 0. The molecule has 0 atom stereocenters. The summed E-state index contributed by atoms with van der Waals surface area (Å²) in [6.45, 7) is 5.60. The Balaban J connectivity index is 2.01. The average Bonchev–Trinajstić information content (AvgIpc) is 2.55. The SMILES string of the molecule is CC(C)(C)C(=O)Nc1cc(Oc2ccccn2)cc2cccnc12. The summed E-state index contributed by atoms with van der Waals surface area (Å²) < 4.78 is 5.80. The maximum Gasteiger partial charge on any atom is 0.229 e. The molecule has 5 heteroatoms. The van der Waals surface area contributed by atoms with Crippen LogP contribution >= 0.6 is 0 Å². The normalized spacial score (nSPS) is 11.3. The molecule has 0 radical (unpaired) electrons. The van der Waals surface area contributed by atoms with Gasteiger partial charge in [-0.25, -0.2) is 4.98 Å². The quantitative estimate of drug-likeness (QED) is 0.776. The molecule has 0 saturated heterocycles. The topological polar surface area (TPSA) is 64.1 Å². The molecule has 1 N–H and O–H groups in total. The Hall–Kier alpha value is -2.95. The number of anilines is 1. The lowest BCUT2D eigenvalue weighted by Gasteiger charge is -2.19. The Morgan fingerprint density at radius 2 is 1.83 bits per heavy atom. The van der Waals surface area contributed by atoms with E-state index >= 15 is 0 Å². The van der Waals surface area contributed by atoms with Gasteiger partial charge in [0.15, 0.2) is 0 Å². The lowest BCUT2D eigenvalue weighted by atomic mass is 9.95. The van der Waals surface area contributed by atoms with E-state index in [9.17, 15) is 4.79 Å². The van der Waals surface area contributed by atoms with Crippen molar-refractivity contribution in [3.05, 3.63) is 54.9 Å². The summed E-state index contributed by atoms with van der Waals surface area (Å²) in [5.41, 5.74) is 0.848. The van der Waals surface area contributed by atoms with E-state index in [0.29, 0.717) is 17.3 Å². The van der Waals surface area contributed by atoms with Gasteiger partial charge in [-0.3, -0.25) is 9.78 Å². The van der Waals surface area contributed by atoms with Crippen LogP contribution in [0.1, 0.15) is 20.8 Å². The second-order valence-corrected chi connectivity index (χ2v) is 6.52. The zero-order chi connectivity index (χ0) is 17.2. The zero-order valence-electron chi connectivity index (χ0n) is 13.9. The number of hydrogen-bond acceptors (Lipinski definition) is 4. The average molecular weight is 321 g/mol. The van der Waals surface area contributed by atoms with Crippen molar-refractivity contribution in [3.8, 4) is 11.6 Å². The minimum absolute atomic E-state index is 0.0792. The van der Waals surface area contributed by atoms with Crippen molar-refractivity contribution in [2.24, 2.45) is 5.41 Å². The predicted octanol–water partition coefficient (Wildman–Crippen LogP) is 4.41. The summed E-state index contributed by atoms with van der Waals surface area (Å²) in [6.07, 6.45) is 3.37. The van der Waals surface area contributed by atoms with Crippen LogP contribution in [0.15, 0.2) is 54.9 Å². The van der Waals surface area contributed by atoms with E-state index in [1.165, 1.54) is 0 Å². The minimum Gasteiger partial charge on any atom is -0.439 e. The molecule has 3 aromatic rings. The van der Waals surface area contributed by atoms with Crippen molar-refractivity contribution < 1.29 is 9.53 Å². The smallest absolute Gasteiger partial charge is 0.229 e. The zero-order valence-corrected chi connectivity index (χ0v) is 13.9. The van der Waals surface area contributed by atoms with Gasteiger partial charge in [-0.2, -0.15) is 0 Å². The van der Waals surface area contributed by atoms with Crippen LogP contribution in [-0.4, -0.2) is 15.9 Å². The van der Waals surface area contributed by atoms with E-state index < -0.39 is 5.41 Å². The maximum atomic E-state index is 12.4. The van der Waals surface area contributed by atoms with Crippen molar-refractivity contribution >= 4 is 22.5 Å². The van der Waals surface area contributed by atoms with E-state index in [2.05, 4.69) is 15.3 Å². The van der Waals surface area contributed by atoms with Gasteiger partial charge in [-0.1, -0.05) is 32.9 Å². The molecule has 122 valence electrons. The molecule has 3 rings (SSSR count). The number of aromatic nitrogens is 2. The molecule has 0 aliphatic carbocycles. The number of ether oxygens (including phenoxy) is 1. The molecular weight excluding hydrogens is 302 g/mol. The van der Waals surface area contributed by atoms with Crippen LogP contribution in [0.2, 0.25) is 0 Å². The first-order valence-corrected chi connectivity index (χ1v) is 7.72. The van der Waals surface area contributed by atoms with Crippen molar-refractivity contribution in [1.82, 2.24) is 9.97 Å². The summed E-state index contributed by atoms with van der Waals surface area (Å²) in [5, 5.41) is 3.83. The monoisotopic (exact) mass is 321 g/mol. The number of nitrogens with one attached hydrogen (secondary N) is 1. The Kier molecular flexibility index (Phi) is 4.16. The third-order valence-electron chi connectivity index (χ3n) is 3.47. The van der Waals surface area contributed by atoms with Crippen LogP contribution in [0.3, 0.4) is 0 Å². The van der Waals surface area contributed by atoms with Gasteiger partial charge < -0.3 is 10.1 Å². The highest BCUT2D eigenvalue weighted by Gasteiger charge is 2.22. The second kappa shape index (κ2) is 6.28. The molecule has 5 nitrogen and oxygen atoms in total. The van der Waals surface area contributed by atoms with E-state index in [4.69, 9.17) is 4.74 Å². The third kappa shape index (κ3) is 3.51. The molecule has 0 fully saturated rings. The molecule has 0 aliphatic rings. The van der Waals surface area contributed by atoms with Crippen LogP contribution < -0.4 is 10.1 Å². The van der Waals surface area contributed by atoms with Gasteiger partial charge in [0.2, 0.25) is 11.8 Å². The number of carbonyl (C=O) groups excluding carboxylic acids is 1. The van der Waals surface area contributed by atoms with Crippen molar-refractivity contribution in [1.29, 1.82) is 0 Å². The molecule has 24 heavy (non-hydrogen) atoms. The standard InChI is InChI=1S/C19H19N3O2/c1-19(2,3)18(23)22-15-12-14(24-16-8-4-5-9-20-16)11-13-7-6-10-21-17(13)15/h4-12H,1-3H3,(H,22,23). The van der Waals surface area contributed by atoms with E-state index in [1.54, 1.807) is 24.5 Å². The van der Waals surface area contributed by atoms with Crippen molar-refractivity contribution in [2.75, 3.05) is 5.32 Å². The number of nitrogens with zero attached hydrogens (tertiary/aromatic N) is 2. The summed E-state index contributed by atoms with van der Waals surface area (Å²) in [6, 6.07) is 12.9. The molecular formula is C19H19N3O2.